The Morgan fingerprint density at radius 2 is 2.00 bits per heavy atom. The molecule has 0 aromatic carbocycles. The first kappa shape index (κ1) is 12.7. The number of likely N-dealkylation sites (N-methyl/N-ethyl adjacent to an activating group) is 1. The fourth-order valence-electron chi connectivity index (χ4n) is 2.10. The molecule has 1 unspecified atom stereocenters. The predicted molar refractivity (Wildman–Crippen MR) is 68.2 cm³/mol. The molecule has 0 fully saturated rings. The molecule has 0 aliphatic carbocycles. The third-order valence-electron chi connectivity index (χ3n) is 3.24. The maximum atomic E-state index is 6.33. The fraction of sp³-hybridized carbons (Fsp3) is 0.667. The van der Waals surface area contributed by atoms with Crippen molar-refractivity contribution in [1.82, 2.24) is 4.90 Å². The van der Waals surface area contributed by atoms with Gasteiger partial charge in [-0.15, -0.1) is 0 Å². The number of hydrogen-bond donors (Lipinski definition) is 1. The third-order valence-corrected chi connectivity index (χ3v) is 3.94. The lowest BCUT2D eigenvalue weighted by Gasteiger charge is -2.41. The summed E-state index contributed by atoms with van der Waals surface area (Å²) in [7, 11) is 0. The first-order valence-corrected chi connectivity index (χ1v) is 6.51. The van der Waals surface area contributed by atoms with Gasteiger partial charge in [0.05, 0.1) is 0 Å². The molecule has 1 rings (SSSR count). The van der Waals surface area contributed by atoms with Crippen molar-refractivity contribution in [2.24, 2.45) is 5.73 Å². The van der Waals surface area contributed by atoms with Crippen LogP contribution in [0.25, 0.3) is 0 Å². The summed E-state index contributed by atoms with van der Waals surface area (Å²) in [6.45, 7) is 10.9. The lowest BCUT2D eigenvalue weighted by molar-refractivity contribution is 0.107. The van der Waals surface area contributed by atoms with Crippen molar-refractivity contribution in [3.05, 3.63) is 22.4 Å². The van der Waals surface area contributed by atoms with Gasteiger partial charge in [-0.1, -0.05) is 13.8 Å². The van der Waals surface area contributed by atoms with Gasteiger partial charge in [0, 0.05) is 11.6 Å². The molecule has 15 heavy (non-hydrogen) atoms. The van der Waals surface area contributed by atoms with Crippen LogP contribution in [0.2, 0.25) is 0 Å². The topological polar surface area (TPSA) is 29.3 Å². The number of rotatable bonds is 5. The smallest absolute Gasteiger partial charge is 0.0485 e. The second-order valence-electron chi connectivity index (χ2n) is 4.36. The molecule has 1 aromatic rings. The van der Waals surface area contributed by atoms with Crippen molar-refractivity contribution in [2.75, 3.05) is 13.1 Å². The fourth-order valence-corrected chi connectivity index (χ4v) is 2.79. The van der Waals surface area contributed by atoms with Crippen LogP contribution in [0.5, 0.6) is 0 Å². The maximum absolute atomic E-state index is 6.33. The van der Waals surface area contributed by atoms with Crippen LogP contribution in [0.3, 0.4) is 0 Å². The first-order valence-electron chi connectivity index (χ1n) is 5.56. The van der Waals surface area contributed by atoms with E-state index in [1.54, 1.807) is 11.3 Å². The molecule has 1 heterocycles. The van der Waals surface area contributed by atoms with Crippen molar-refractivity contribution in [2.45, 2.75) is 39.3 Å². The molecule has 0 radical (unpaired) electrons. The number of nitrogens with zero attached hydrogens (tertiary/aromatic N) is 1. The summed E-state index contributed by atoms with van der Waals surface area (Å²) in [4.78, 5) is 2.41. The van der Waals surface area contributed by atoms with E-state index in [4.69, 9.17) is 5.73 Å². The molecule has 86 valence electrons. The van der Waals surface area contributed by atoms with Crippen molar-refractivity contribution in [3.8, 4) is 0 Å². The highest BCUT2D eigenvalue weighted by molar-refractivity contribution is 7.07. The van der Waals surface area contributed by atoms with Gasteiger partial charge in [0.25, 0.3) is 0 Å². The van der Waals surface area contributed by atoms with E-state index in [1.807, 2.05) is 0 Å². The Kier molecular flexibility index (Phi) is 4.32. The average Bonchev–Trinajstić information content (AvgIpc) is 2.70. The zero-order chi connectivity index (χ0) is 11.5. The molecule has 0 amide bonds. The van der Waals surface area contributed by atoms with Crippen LogP contribution in [0.15, 0.2) is 16.8 Å². The Hall–Kier alpha value is -0.380. The lowest BCUT2D eigenvalue weighted by atomic mass is 9.89. The SMILES string of the molecule is CCN(CC)C(C)(C)C(N)c1ccsc1. The summed E-state index contributed by atoms with van der Waals surface area (Å²) >= 11 is 1.71. The molecular weight excluding hydrogens is 204 g/mol. The zero-order valence-corrected chi connectivity index (χ0v) is 11.0. The zero-order valence-electron chi connectivity index (χ0n) is 10.2. The minimum Gasteiger partial charge on any atom is -0.322 e. The molecule has 0 spiro atoms. The standard InChI is InChI=1S/C12H22N2S/c1-5-14(6-2)12(3,4)11(13)10-7-8-15-9-10/h7-9,11H,5-6,13H2,1-4H3. The van der Waals surface area contributed by atoms with E-state index >= 15 is 0 Å². The van der Waals surface area contributed by atoms with Gasteiger partial charge in [0.1, 0.15) is 0 Å². The molecule has 3 heteroatoms. The Morgan fingerprint density at radius 3 is 2.40 bits per heavy atom. The van der Waals surface area contributed by atoms with Crippen LogP contribution >= 0.6 is 11.3 Å². The normalized spacial score (nSPS) is 14.5. The summed E-state index contributed by atoms with van der Waals surface area (Å²) < 4.78 is 0. The molecule has 2 nitrogen and oxygen atoms in total. The van der Waals surface area contributed by atoms with Gasteiger partial charge in [-0.05, 0) is 49.3 Å². The number of nitrogens with two attached hydrogens (primary N) is 1. The quantitative estimate of drug-likeness (QED) is 0.836. The molecule has 0 aliphatic heterocycles. The molecule has 0 bridgehead atoms. The van der Waals surface area contributed by atoms with Crippen molar-refractivity contribution >= 4 is 11.3 Å². The van der Waals surface area contributed by atoms with E-state index in [1.165, 1.54) is 5.56 Å². The Bertz CT molecular complexity index is 276. The molecular formula is C12H22N2S. The van der Waals surface area contributed by atoms with Crippen LogP contribution in [0.1, 0.15) is 39.3 Å². The molecule has 1 atom stereocenters. The van der Waals surface area contributed by atoms with Gasteiger partial charge in [-0.25, -0.2) is 0 Å². The minimum absolute atomic E-state index is 0.0184. The summed E-state index contributed by atoms with van der Waals surface area (Å²) in [6.07, 6.45) is 0. The highest BCUT2D eigenvalue weighted by Gasteiger charge is 2.32. The summed E-state index contributed by atoms with van der Waals surface area (Å²) in [5.74, 6) is 0. The van der Waals surface area contributed by atoms with Gasteiger partial charge in [0.15, 0.2) is 0 Å². The van der Waals surface area contributed by atoms with E-state index in [2.05, 4.69) is 49.4 Å². The monoisotopic (exact) mass is 226 g/mol. The van der Waals surface area contributed by atoms with E-state index in [0.29, 0.717) is 0 Å². The van der Waals surface area contributed by atoms with Crippen LogP contribution in [-0.2, 0) is 0 Å². The van der Waals surface area contributed by atoms with Crippen molar-refractivity contribution in [1.29, 1.82) is 0 Å². The molecule has 0 aliphatic rings. The Balaban J connectivity index is 2.85. The van der Waals surface area contributed by atoms with Gasteiger partial charge in [0.2, 0.25) is 0 Å². The predicted octanol–water partition coefficient (Wildman–Crippen LogP) is 2.87. The van der Waals surface area contributed by atoms with Gasteiger partial charge in [-0.3, -0.25) is 4.90 Å². The van der Waals surface area contributed by atoms with Crippen LogP contribution in [0.4, 0.5) is 0 Å². The molecule has 2 N–H and O–H groups in total. The number of thiophene rings is 1. The van der Waals surface area contributed by atoms with Gasteiger partial charge in [-0.2, -0.15) is 11.3 Å². The minimum atomic E-state index is 0.0184. The van der Waals surface area contributed by atoms with E-state index in [0.717, 1.165) is 13.1 Å². The summed E-state index contributed by atoms with van der Waals surface area (Å²) in [5.41, 5.74) is 7.60. The van der Waals surface area contributed by atoms with Gasteiger partial charge >= 0.3 is 0 Å². The van der Waals surface area contributed by atoms with E-state index in [-0.39, 0.29) is 11.6 Å². The van der Waals surface area contributed by atoms with Crippen LogP contribution in [0, 0.1) is 0 Å². The Morgan fingerprint density at radius 1 is 1.40 bits per heavy atom. The van der Waals surface area contributed by atoms with E-state index in [9.17, 15) is 0 Å². The van der Waals surface area contributed by atoms with Gasteiger partial charge < -0.3 is 5.73 Å². The van der Waals surface area contributed by atoms with E-state index < -0.39 is 0 Å². The van der Waals surface area contributed by atoms with Crippen molar-refractivity contribution in [3.63, 3.8) is 0 Å². The molecule has 0 saturated heterocycles. The Labute approximate surface area is 97.1 Å². The maximum Gasteiger partial charge on any atom is 0.0485 e. The molecule has 0 saturated carbocycles. The highest BCUT2D eigenvalue weighted by Crippen LogP contribution is 2.29. The summed E-state index contributed by atoms with van der Waals surface area (Å²) in [5, 5.41) is 4.24. The second kappa shape index (κ2) is 5.10. The second-order valence-corrected chi connectivity index (χ2v) is 5.14. The summed E-state index contributed by atoms with van der Waals surface area (Å²) in [6, 6.07) is 2.21. The average molecular weight is 226 g/mol. The van der Waals surface area contributed by atoms with Crippen LogP contribution < -0.4 is 5.73 Å². The largest absolute Gasteiger partial charge is 0.322 e. The lowest BCUT2D eigenvalue weighted by Crippen LogP contribution is -2.51. The number of hydrogen-bond acceptors (Lipinski definition) is 3. The van der Waals surface area contributed by atoms with Crippen molar-refractivity contribution < 1.29 is 0 Å². The molecule has 1 aromatic heterocycles. The van der Waals surface area contributed by atoms with Crippen LogP contribution in [-0.4, -0.2) is 23.5 Å². The third kappa shape index (κ3) is 2.60. The first-order chi connectivity index (χ1) is 7.04. The highest BCUT2D eigenvalue weighted by atomic mass is 32.1.